The number of Topliss-reactive ketones (excluding diaryl/α,β-unsaturated/α-hetero) is 1. The van der Waals surface area contributed by atoms with Crippen molar-refractivity contribution >= 4 is 35.1 Å². The fraction of sp³-hybridized carbons (Fsp3) is 0.385. The highest BCUT2D eigenvalue weighted by Gasteiger charge is 2.22. The second-order valence-electron chi connectivity index (χ2n) is 3.97. The van der Waals surface area contributed by atoms with E-state index in [1.807, 2.05) is 0 Å². The molecule has 1 aliphatic heterocycles. The maximum atomic E-state index is 11.7. The maximum absolute atomic E-state index is 11.7. The minimum absolute atomic E-state index is 0.166. The largest absolute Gasteiger partial charge is 0.487 e. The second-order valence-corrected chi connectivity index (χ2v) is 5.45. The molecule has 0 atom stereocenters. The molecule has 0 amide bonds. The van der Waals surface area contributed by atoms with Crippen molar-refractivity contribution in [3.05, 3.63) is 28.8 Å². The Balaban J connectivity index is 2.09. The highest BCUT2D eigenvalue weighted by molar-refractivity contribution is 8.00. The van der Waals surface area contributed by atoms with Gasteiger partial charge in [0.15, 0.2) is 0 Å². The molecule has 4 nitrogen and oxygen atoms in total. The first-order valence-electron chi connectivity index (χ1n) is 5.87. The summed E-state index contributed by atoms with van der Waals surface area (Å²) < 4.78 is 10.3. The lowest BCUT2D eigenvalue weighted by atomic mass is 10.1. The van der Waals surface area contributed by atoms with Crippen LogP contribution < -0.4 is 4.74 Å². The number of hydrogen-bond acceptors (Lipinski definition) is 5. The third-order valence-electron chi connectivity index (χ3n) is 2.56. The zero-order chi connectivity index (χ0) is 13.8. The van der Waals surface area contributed by atoms with Gasteiger partial charge in [0.2, 0.25) is 0 Å². The number of carbonyl (C=O) groups is 2. The van der Waals surface area contributed by atoms with E-state index < -0.39 is 11.8 Å². The van der Waals surface area contributed by atoms with Crippen LogP contribution in [0.15, 0.2) is 18.2 Å². The summed E-state index contributed by atoms with van der Waals surface area (Å²) in [6.07, 6.45) is 0.175. The van der Waals surface area contributed by atoms with Crippen LogP contribution in [0.25, 0.3) is 0 Å². The summed E-state index contributed by atoms with van der Waals surface area (Å²) in [7, 11) is 0. The van der Waals surface area contributed by atoms with Gasteiger partial charge in [0.05, 0.1) is 11.6 Å². The van der Waals surface area contributed by atoms with Crippen LogP contribution in [-0.4, -0.2) is 36.0 Å². The van der Waals surface area contributed by atoms with E-state index in [1.165, 1.54) is 12.1 Å². The molecule has 0 radical (unpaired) electrons. The van der Waals surface area contributed by atoms with Crippen molar-refractivity contribution < 1.29 is 19.1 Å². The van der Waals surface area contributed by atoms with Crippen molar-refractivity contribution in [2.24, 2.45) is 0 Å². The van der Waals surface area contributed by atoms with Gasteiger partial charge >= 0.3 is 5.97 Å². The predicted octanol–water partition coefficient (Wildman–Crippen LogP) is 2.58. The molecule has 0 spiro atoms. The van der Waals surface area contributed by atoms with E-state index in [2.05, 4.69) is 4.74 Å². The zero-order valence-electron chi connectivity index (χ0n) is 10.3. The van der Waals surface area contributed by atoms with Gasteiger partial charge in [-0.2, -0.15) is 11.8 Å². The van der Waals surface area contributed by atoms with Crippen LogP contribution >= 0.6 is 23.4 Å². The van der Waals surface area contributed by atoms with Crippen LogP contribution in [-0.2, 0) is 9.53 Å². The average Bonchev–Trinajstić information content (AvgIpc) is 2.34. The Bertz CT molecular complexity index is 499. The lowest BCUT2D eigenvalue weighted by Gasteiger charge is -2.26. The SMILES string of the molecule is CCOC(=O)C(=O)c1ccc(OC2CSC2)c(Cl)c1. The maximum Gasteiger partial charge on any atom is 0.379 e. The highest BCUT2D eigenvalue weighted by Crippen LogP contribution is 2.30. The zero-order valence-corrected chi connectivity index (χ0v) is 11.9. The minimum Gasteiger partial charge on any atom is -0.487 e. The summed E-state index contributed by atoms with van der Waals surface area (Å²) in [5, 5.41) is 0.326. The average molecular weight is 301 g/mol. The number of carbonyl (C=O) groups excluding carboxylic acids is 2. The Kier molecular flexibility index (Phi) is 4.71. The van der Waals surface area contributed by atoms with Crippen LogP contribution in [0, 0.1) is 0 Å². The molecule has 1 aliphatic rings. The lowest BCUT2D eigenvalue weighted by molar-refractivity contribution is -0.137. The number of rotatable bonds is 5. The second kappa shape index (κ2) is 6.30. The molecule has 1 heterocycles. The molecule has 1 aromatic carbocycles. The van der Waals surface area contributed by atoms with E-state index in [1.54, 1.807) is 24.8 Å². The third-order valence-corrected chi connectivity index (χ3v) is 4.07. The Morgan fingerprint density at radius 2 is 2.16 bits per heavy atom. The first-order valence-corrected chi connectivity index (χ1v) is 7.40. The molecular weight excluding hydrogens is 288 g/mol. The topological polar surface area (TPSA) is 52.6 Å². The summed E-state index contributed by atoms with van der Waals surface area (Å²) in [6.45, 7) is 1.81. The van der Waals surface area contributed by atoms with Crippen molar-refractivity contribution in [3.8, 4) is 5.75 Å². The van der Waals surface area contributed by atoms with Crippen LogP contribution in [0.2, 0.25) is 5.02 Å². The normalized spacial score (nSPS) is 14.6. The summed E-state index contributed by atoms with van der Waals surface area (Å²) >= 11 is 7.85. The van der Waals surface area contributed by atoms with E-state index in [0.29, 0.717) is 10.8 Å². The summed E-state index contributed by atoms with van der Waals surface area (Å²) in [4.78, 5) is 23.0. The number of hydrogen-bond donors (Lipinski definition) is 0. The number of thioether (sulfide) groups is 1. The first-order chi connectivity index (χ1) is 9.11. The van der Waals surface area contributed by atoms with Crippen LogP contribution in [0.1, 0.15) is 17.3 Å². The Morgan fingerprint density at radius 3 is 2.68 bits per heavy atom. The summed E-state index contributed by atoms with van der Waals surface area (Å²) in [6, 6.07) is 4.56. The quantitative estimate of drug-likeness (QED) is 0.475. The first kappa shape index (κ1) is 14.2. The lowest BCUT2D eigenvalue weighted by Crippen LogP contribution is -2.31. The number of esters is 1. The van der Waals surface area contributed by atoms with Gasteiger partial charge in [-0.1, -0.05) is 11.6 Å². The van der Waals surface area contributed by atoms with E-state index in [0.717, 1.165) is 11.5 Å². The molecule has 102 valence electrons. The minimum atomic E-state index is -0.873. The third kappa shape index (κ3) is 3.42. The molecule has 0 aliphatic carbocycles. The smallest absolute Gasteiger partial charge is 0.379 e. The molecule has 2 rings (SSSR count). The fourth-order valence-electron chi connectivity index (χ4n) is 1.51. The van der Waals surface area contributed by atoms with Gasteiger partial charge in [0.25, 0.3) is 5.78 Å². The van der Waals surface area contributed by atoms with Gasteiger partial charge in [-0.3, -0.25) is 4.79 Å². The van der Waals surface area contributed by atoms with Gasteiger partial charge in [-0.15, -0.1) is 0 Å². The van der Waals surface area contributed by atoms with Crippen LogP contribution in [0.5, 0.6) is 5.75 Å². The molecular formula is C13H13ClO4S. The molecule has 1 fully saturated rings. The van der Waals surface area contributed by atoms with Crippen molar-refractivity contribution in [3.63, 3.8) is 0 Å². The molecule has 6 heteroatoms. The monoisotopic (exact) mass is 300 g/mol. The molecule has 0 unspecified atom stereocenters. The van der Waals surface area contributed by atoms with Gasteiger partial charge in [0.1, 0.15) is 11.9 Å². The number of ether oxygens (including phenoxy) is 2. The van der Waals surface area contributed by atoms with E-state index in [9.17, 15) is 9.59 Å². The van der Waals surface area contributed by atoms with Crippen molar-refractivity contribution in [1.82, 2.24) is 0 Å². The number of ketones is 1. The highest BCUT2D eigenvalue weighted by atomic mass is 35.5. The van der Waals surface area contributed by atoms with Crippen molar-refractivity contribution in [2.75, 3.05) is 18.1 Å². The van der Waals surface area contributed by atoms with Gasteiger partial charge in [0, 0.05) is 17.1 Å². The number of benzene rings is 1. The number of halogens is 1. The van der Waals surface area contributed by atoms with E-state index >= 15 is 0 Å². The fourth-order valence-corrected chi connectivity index (χ4v) is 2.30. The standard InChI is InChI=1S/C13H13ClO4S/c1-2-17-13(16)12(15)8-3-4-11(10(14)5-8)18-9-6-19-7-9/h3-5,9H,2,6-7H2,1H3. The molecule has 19 heavy (non-hydrogen) atoms. The Hall–Kier alpha value is -1.20. The summed E-state index contributed by atoms with van der Waals surface area (Å²) in [5.41, 5.74) is 0.207. The molecule has 0 aromatic heterocycles. The van der Waals surface area contributed by atoms with Gasteiger partial charge in [-0.25, -0.2) is 4.79 Å². The summed E-state index contributed by atoms with van der Waals surface area (Å²) in [5.74, 6) is 0.851. The predicted molar refractivity (Wildman–Crippen MR) is 74.2 cm³/mol. The van der Waals surface area contributed by atoms with Gasteiger partial charge < -0.3 is 9.47 Å². The van der Waals surface area contributed by atoms with Gasteiger partial charge in [-0.05, 0) is 25.1 Å². The van der Waals surface area contributed by atoms with Crippen LogP contribution in [0.3, 0.4) is 0 Å². The molecule has 0 saturated carbocycles. The molecule has 1 aromatic rings. The molecule has 1 saturated heterocycles. The molecule has 0 bridgehead atoms. The van der Waals surface area contributed by atoms with Crippen LogP contribution in [0.4, 0.5) is 0 Å². The van der Waals surface area contributed by atoms with Crippen molar-refractivity contribution in [1.29, 1.82) is 0 Å². The van der Waals surface area contributed by atoms with Crippen molar-refractivity contribution in [2.45, 2.75) is 13.0 Å². The Morgan fingerprint density at radius 1 is 1.42 bits per heavy atom. The Labute approximate surface area is 120 Å². The van der Waals surface area contributed by atoms with E-state index in [4.69, 9.17) is 16.3 Å². The molecule has 0 N–H and O–H groups in total. The van der Waals surface area contributed by atoms with E-state index in [-0.39, 0.29) is 18.3 Å².